The van der Waals surface area contributed by atoms with Gasteiger partial charge in [-0.15, -0.1) is 11.3 Å². The van der Waals surface area contributed by atoms with E-state index in [0.717, 1.165) is 43.0 Å². The van der Waals surface area contributed by atoms with Crippen molar-refractivity contribution in [1.29, 1.82) is 0 Å². The molecule has 0 aromatic carbocycles. The van der Waals surface area contributed by atoms with Crippen molar-refractivity contribution in [3.63, 3.8) is 0 Å². The number of nitrogens with one attached hydrogen (secondary N) is 1. The monoisotopic (exact) mass is 239 g/mol. The highest BCUT2D eigenvalue weighted by Gasteiger charge is 2.16. The van der Waals surface area contributed by atoms with Crippen LogP contribution in [0, 0.1) is 12.8 Å². The molecule has 1 aromatic rings. The summed E-state index contributed by atoms with van der Waals surface area (Å²) in [6.07, 6.45) is 2.12. The van der Waals surface area contributed by atoms with E-state index in [2.05, 4.69) is 5.32 Å². The van der Waals surface area contributed by atoms with Gasteiger partial charge in [-0.05, 0) is 42.7 Å². The van der Waals surface area contributed by atoms with Gasteiger partial charge in [-0.1, -0.05) is 0 Å². The first-order valence-electron chi connectivity index (χ1n) is 5.67. The molecule has 1 amide bonds. The Bertz CT molecular complexity index is 356. The summed E-state index contributed by atoms with van der Waals surface area (Å²) in [5.74, 6) is 0.650. The van der Waals surface area contributed by atoms with E-state index in [4.69, 9.17) is 4.74 Å². The zero-order valence-electron chi connectivity index (χ0n) is 9.49. The number of carbonyl (C=O) groups excluding carboxylic acids is 1. The summed E-state index contributed by atoms with van der Waals surface area (Å²) in [6.45, 7) is 4.41. The molecule has 1 saturated heterocycles. The largest absolute Gasteiger partial charge is 0.381 e. The number of aryl methyl sites for hydroxylation is 1. The van der Waals surface area contributed by atoms with Crippen LogP contribution in [0.2, 0.25) is 0 Å². The van der Waals surface area contributed by atoms with E-state index in [0.29, 0.717) is 5.92 Å². The molecular weight excluding hydrogens is 222 g/mol. The lowest BCUT2D eigenvalue weighted by Gasteiger charge is -2.22. The Balaban J connectivity index is 1.81. The third-order valence-electron chi connectivity index (χ3n) is 2.96. The van der Waals surface area contributed by atoms with Crippen LogP contribution in [0.1, 0.15) is 28.1 Å². The maximum atomic E-state index is 11.8. The fraction of sp³-hybridized carbons (Fsp3) is 0.583. The lowest BCUT2D eigenvalue weighted by molar-refractivity contribution is 0.0643. The Morgan fingerprint density at radius 3 is 2.94 bits per heavy atom. The number of ether oxygens (including phenoxy) is 1. The number of hydrogen-bond acceptors (Lipinski definition) is 3. The number of hydrogen-bond donors (Lipinski definition) is 1. The molecule has 0 bridgehead atoms. The van der Waals surface area contributed by atoms with Crippen LogP contribution in [0.4, 0.5) is 0 Å². The van der Waals surface area contributed by atoms with Gasteiger partial charge < -0.3 is 10.1 Å². The quantitative estimate of drug-likeness (QED) is 0.878. The van der Waals surface area contributed by atoms with Gasteiger partial charge in [-0.2, -0.15) is 0 Å². The third-order valence-corrected chi connectivity index (χ3v) is 3.98. The first-order valence-corrected chi connectivity index (χ1v) is 6.55. The zero-order valence-corrected chi connectivity index (χ0v) is 10.3. The summed E-state index contributed by atoms with van der Waals surface area (Å²) in [5, 5.41) is 4.97. The van der Waals surface area contributed by atoms with E-state index in [1.807, 2.05) is 18.4 Å². The van der Waals surface area contributed by atoms with Crippen molar-refractivity contribution in [2.45, 2.75) is 19.8 Å². The smallest absolute Gasteiger partial charge is 0.261 e. The molecule has 1 aliphatic heterocycles. The van der Waals surface area contributed by atoms with Crippen molar-refractivity contribution < 1.29 is 9.53 Å². The number of rotatable bonds is 3. The van der Waals surface area contributed by atoms with Crippen LogP contribution in [-0.4, -0.2) is 25.7 Å². The summed E-state index contributed by atoms with van der Waals surface area (Å²) < 4.78 is 5.29. The highest BCUT2D eigenvalue weighted by atomic mass is 32.1. The third kappa shape index (κ3) is 2.83. The van der Waals surface area contributed by atoms with Crippen molar-refractivity contribution in [3.05, 3.63) is 21.9 Å². The molecule has 0 unspecified atom stereocenters. The van der Waals surface area contributed by atoms with Gasteiger partial charge in [0.15, 0.2) is 0 Å². The summed E-state index contributed by atoms with van der Waals surface area (Å²) in [5.41, 5.74) is 1.06. The second-order valence-electron chi connectivity index (χ2n) is 4.20. The van der Waals surface area contributed by atoms with E-state index in [1.54, 1.807) is 0 Å². The zero-order chi connectivity index (χ0) is 11.4. The molecule has 16 heavy (non-hydrogen) atoms. The predicted octanol–water partition coefficient (Wildman–Crippen LogP) is 2.21. The lowest BCUT2D eigenvalue weighted by Crippen LogP contribution is -2.32. The SMILES string of the molecule is Cc1ccsc1C(=O)NCC1CCOCC1. The van der Waals surface area contributed by atoms with Crippen LogP contribution < -0.4 is 5.32 Å². The first kappa shape index (κ1) is 11.6. The molecule has 0 aliphatic carbocycles. The molecule has 1 fully saturated rings. The normalized spacial score (nSPS) is 17.3. The predicted molar refractivity (Wildman–Crippen MR) is 64.9 cm³/mol. The highest BCUT2D eigenvalue weighted by Crippen LogP contribution is 2.16. The molecule has 88 valence electrons. The summed E-state index contributed by atoms with van der Waals surface area (Å²) in [7, 11) is 0. The molecule has 1 aliphatic rings. The molecule has 2 rings (SSSR count). The second kappa shape index (κ2) is 5.46. The molecule has 4 heteroatoms. The van der Waals surface area contributed by atoms with Crippen molar-refractivity contribution in [1.82, 2.24) is 5.32 Å². The van der Waals surface area contributed by atoms with Gasteiger partial charge in [-0.25, -0.2) is 0 Å². The van der Waals surface area contributed by atoms with E-state index < -0.39 is 0 Å². The molecular formula is C12H17NO2S. The number of carbonyl (C=O) groups is 1. The fourth-order valence-corrected chi connectivity index (χ4v) is 2.71. The maximum Gasteiger partial charge on any atom is 0.261 e. The molecule has 0 atom stereocenters. The Morgan fingerprint density at radius 2 is 2.31 bits per heavy atom. The Morgan fingerprint density at radius 1 is 1.56 bits per heavy atom. The van der Waals surface area contributed by atoms with Crippen LogP contribution >= 0.6 is 11.3 Å². The topological polar surface area (TPSA) is 38.3 Å². The molecule has 1 aromatic heterocycles. The summed E-state index contributed by atoms with van der Waals surface area (Å²) in [6, 6.07) is 1.98. The Hall–Kier alpha value is -0.870. The number of amides is 1. The maximum absolute atomic E-state index is 11.8. The van der Waals surface area contributed by atoms with Gasteiger partial charge in [0.05, 0.1) is 4.88 Å². The first-order chi connectivity index (χ1) is 7.77. The minimum absolute atomic E-state index is 0.0685. The fourth-order valence-electron chi connectivity index (χ4n) is 1.87. The van der Waals surface area contributed by atoms with Gasteiger partial charge >= 0.3 is 0 Å². The minimum atomic E-state index is 0.0685. The second-order valence-corrected chi connectivity index (χ2v) is 5.11. The van der Waals surface area contributed by atoms with Crippen LogP contribution in [0.15, 0.2) is 11.4 Å². The van der Waals surface area contributed by atoms with Gasteiger partial charge in [0, 0.05) is 19.8 Å². The molecule has 0 spiro atoms. The van der Waals surface area contributed by atoms with E-state index >= 15 is 0 Å². The molecule has 0 radical (unpaired) electrons. The van der Waals surface area contributed by atoms with Crippen LogP contribution in [0.3, 0.4) is 0 Å². The van der Waals surface area contributed by atoms with Gasteiger partial charge in [-0.3, -0.25) is 4.79 Å². The van der Waals surface area contributed by atoms with Crippen LogP contribution in [0.25, 0.3) is 0 Å². The average Bonchev–Trinajstić information content (AvgIpc) is 2.74. The van der Waals surface area contributed by atoms with Gasteiger partial charge in [0.1, 0.15) is 0 Å². The average molecular weight is 239 g/mol. The molecule has 2 heterocycles. The minimum Gasteiger partial charge on any atom is -0.381 e. The van der Waals surface area contributed by atoms with E-state index in [1.165, 1.54) is 11.3 Å². The Labute approximate surface area is 99.8 Å². The standard InChI is InChI=1S/C12H17NO2S/c1-9-4-7-16-11(9)12(14)13-8-10-2-5-15-6-3-10/h4,7,10H,2-3,5-6,8H2,1H3,(H,13,14). The Kier molecular flexibility index (Phi) is 3.96. The highest BCUT2D eigenvalue weighted by molar-refractivity contribution is 7.12. The van der Waals surface area contributed by atoms with E-state index in [9.17, 15) is 4.79 Å². The van der Waals surface area contributed by atoms with Crippen molar-refractivity contribution in [2.24, 2.45) is 5.92 Å². The van der Waals surface area contributed by atoms with Crippen LogP contribution in [0.5, 0.6) is 0 Å². The summed E-state index contributed by atoms with van der Waals surface area (Å²) >= 11 is 1.51. The number of thiophene rings is 1. The molecule has 1 N–H and O–H groups in total. The van der Waals surface area contributed by atoms with Gasteiger partial charge in [0.2, 0.25) is 0 Å². The molecule has 0 saturated carbocycles. The molecule has 3 nitrogen and oxygen atoms in total. The van der Waals surface area contributed by atoms with Crippen molar-refractivity contribution in [2.75, 3.05) is 19.8 Å². The van der Waals surface area contributed by atoms with Crippen molar-refractivity contribution in [3.8, 4) is 0 Å². The van der Waals surface area contributed by atoms with E-state index in [-0.39, 0.29) is 5.91 Å². The van der Waals surface area contributed by atoms with Crippen molar-refractivity contribution >= 4 is 17.2 Å². The van der Waals surface area contributed by atoms with Gasteiger partial charge in [0.25, 0.3) is 5.91 Å². The van der Waals surface area contributed by atoms with Crippen LogP contribution in [-0.2, 0) is 4.74 Å². The summed E-state index contributed by atoms with van der Waals surface area (Å²) in [4.78, 5) is 12.7. The lowest BCUT2D eigenvalue weighted by atomic mass is 10.0.